The number of nitrogens with zero attached hydrogens (tertiary/aromatic N) is 1. The molecule has 0 aliphatic carbocycles. The monoisotopic (exact) mass is 274 g/mol. The largest absolute Gasteiger partial charge is 0.338 e. The van der Waals surface area contributed by atoms with Crippen molar-refractivity contribution in [1.29, 1.82) is 0 Å². The van der Waals surface area contributed by atoms with Crippen LogP contribution in [0.3, 0.4) is 0 Å². The Kier molecular flexibility index (Phi) is 5.90. The Hall–Kier alpha value is -1.51. The molecule has 1 fully saturated rings. The van der Waals surface area contributed by atoms with Crippen LogP contribution in [0.5, 0.6) is 0 Å². The summed E-state index contributed by atoms with van der Waals surface area (Å²) in [6.07, 6.45) is 5.58. The minimum absolute atomic E-state index is 0.122. The highest BCUT2D eigenvalue weighted by molar-refractivity contribution is 5.74. The molecule has 0 spiro atoms. The Bertz CT molecular complexity index is 397. The molecule has 3 heteroatoms. The molecule has 0 saturated carbocycles. The second-order valence-electron chi connectivity index (χ2n) is 5.71. The Balaban J connectivity index is 1.71. The zero-order valence-electron chi connectivity index (χ0n) is 12.5. The van der Waals surface area contributed by atoms with Crippen molar-refractivity contribution < 1.29 is 4.79 Å². The van der Waals surface area contributed by atoms with E-state index < -0.39 is 0 Å². The van der Waals surface area contributed by atoms with E-state index in [4.69, 9.17) is 0 Å². The fraction of sp³-hybridized carbons (Fsp3) is 0.588. The number of urea groups is 1. The molecule has 0 radical (unpaired) electrons. The number of unbranched alkanes of at least 4 members (excludes halogenated alkanes) is 1. The van der Waals surface area contributed by atoms with E-state index in [1.165, 1.54) is 5.56 Å². The van der Waals surface area contributed by atoms with Crippen LogP contribution >= 0.6 is 0 Å². The standard InChI is InChI=1S/C17H26N2O/c1-2-3-11-18-17(20)19-12-9-16(10-13-19)14-15-7-5-4-6-8-15/h4-8,16H,2-3,9-14H2,1H3,(H,18,20). The fourth-order valence-electron chi connectivity index (χ4n) is 2.77. The minimum Gasteiger partial charge on any atom is -0.338 e. The van der Waals surface area contributed by atoms with Gasteiger partial charge in [-0.15, -0.1) is 0 Å². The number of carbonyl (C=O) groups is 1. The van der Waals surface area contributed by atoms with Crippen molar-refractivity contribution in [2.45, 2.75) is 39.0 Å². The van der Waals surface area contributed by atoms with Crippen molar-refractivity contribution in [3.63, 3.8) is 0 Å². The van der Waals surface area contributed by atoms with Gasteiger partial charge in [0.05, 0.1) is 0 Å². The zero-order valence-corrected chi connectivity index (χ0v) is 12.5. The van der Waals surface area contributed by atoms with Crippen LogP contribution in [-0.4, -0.2) is 30.6 Å². The van der Waals surface area contributed by atoms with E-state index in [1.807, 2.05) is 4.90 Å². The molecule has 1 N–H and O–H groups in total. The average Bonchev–Trinajstić information content (AvgIpc) is 2.49. The molecule has 1 aliphatic rings. The van der Waals surface area contributed by atoms with Crippen molar-refractivity contribution in [2.75, 3.05) is 19.6 Å². The van der Waals surface area contributed by atoms with Crippen molar-refractivity contribution >= 4 is 6.03 Å². The van der Waals surface area contributed by atoms with Gasteiger partial charge in [0.15, 0.2) is 0 Å². The number of likely N-dealkylation sites (tertiary alicyclic amines) is 1. The summed E-state index contributed by atoms with van der Waals surface area (Å²) in [5.41, 5.74) is 1.42. The Labute approximate surface area is 122 Å². The number of hydrogen-bond acceptors (Lipinski definition) is 1. The molecule has 2 amide bonds. The molecule has 1 aromatic carbocycles. The highest BCUT2D eigenvalue weighted by atomic mass is 16.2. The number of hydrogen-bond donors (Lipinski definition) is 1. The van der Waals surface area contributed by atoms with Crippen molar-refractivity contribution in [2.24, 2.45) is 5.92 Å². The van der Waals surface area contributed by atoms with E-state index in [2.05, 4.69) is 42.6 Å². The van der Waals surface area contributed by atoms with E-state index in [9.17, 15) is 4.79 Å². The zero-order chi connectivity index (χ0) is 14.2. The summed E-state index contributed by atoms with van der Waals surface area (Å²) in [6, 6.07) is 10.8. The summed E-state index contributed by atoms with van der Waals surface area (Å²) < 4.78 is 0. The number of piperidine rings is 1. The summed E-state index contributed by atoms with van der Waals surface area (Å²) in [6.45, 7) is 4.74. The van der Waals surface area contributed by atoms with Crippen LogP contribution < -0.4 is 5.32 Å². The first-order chi connectivity index (χ1) is 9.79. The van der Waals surface area contributed by atoms with Crippen LogP contribution in [0.4, 0.5) is 4.79 Å². The smallest absolute Gasteiger partial charge is 0.317 e. The van der Waals surface area contributed by atoms with Gasteiger partial charge < -0.3 is 10.2 Å². The summed E-state index contributed by atoms with van der Waals surface area (Å²) >= 11 is 0. The molecule has 0 bridgehead atoms. The van der Waals surface area contributed by atoms with Gasteiger partial charge in [-0.25, -0.2) is 4.79 Å². The molecular weight excluding hydrogens is 248 g/mol. The second kappa shape index (κ2) is 7.93. The molecule has 1 aromatic rings. The lowest BCUT2D eigenvalue weighted by molar-refractivity contribution is 0.170. The van der Waals surface area contributed by atoms with Crippen molar-refractivity contribution in [3.05, 3.63) is 35.9 Å². The maximum Gasteiger partial charge on any atom is 0.317 e. The van der Waals surface area contributed by atoms with E-state index in [0.717, 1.165) is 57.7 Å². The van der Waals surface area contributed by atoms with Crippen LogP contribution in [0.1, 0.15) is 38.2 Å². The summed E-state index contributed by atoms with van der Waals surface area (Å²) in [7, 11) is 0. The SMILES string of the molecule is CCCCNC(=O)N1CCC(Cc2ccccc2)CC1. The maximum absolute atomic E-state index is 12.0. The molecule has 1 aliphatic heterocycles. The van der Waals surface area contributed by atoms with Gasteiger partial charge in [-0.3, -0.25) is 0 Å². The quantitative estimate of drug-likeness (QED) is 0.819. The molecule has 20 heavy (non-hydrogen) atoms. The van der Waals surface area contributed by atoms with Crippen LogP contribution in [0.15, 0.2) is 30.3 Å². The second-order valence-corrected chi connectivity index (χ2v) is 5.71. The minimum atomic E-state index is 0.122. The number of carbonyl (C=O) groups excluding carboxylic acids is 1. The molecule has 1 heterocycles. The summed E-state index contributed by atoms with van der Waals surface area (Å²) in [5, 5.41) is 3.00. The van der Waals surface area contributed by atoms with Gasteiger partial charge in [-0.2, -0.15) is 0 Å². The first-order valence-corrected chi connectivity index (χ1v) is 7.86. The van der Waals surface area contributed by atoms with Crippen LogP contribution in [0.25, 0.3) is 0 Å². The summed E-state index contributed by atoms with van der Waals surface area (Å²) in [4.78, 5) is 13.9. The molecule has 110 valence electrons. The molecule has 1 saturated heterocycles. The molecule has 0 unspecified atom stereocenters. The van der Waals surface area contributed by atoms with Gasteiger partial charge in [0.1, 0.15) is 0 Å². The lowest BCUT2D eigenvalue weighted by Gasteiger charge is -2.32. The normalized spacial score (nSPS) is 16.1. The fourth-order valence-corrected chi connectivity index (χ4v) is 2.77. The Morgan fingerprint density at radius 1 is 1.25 bits per heavy atom. The number of amides is 2. The number of nitrogens with one attached hydrogen (secondary N) is 1. The number of rotatable bonds is 5. The molecule has 3 nitrogen and oxygen atoms in total. The third-order valence-corrected chi connectivity index (χ3v) is 4.08. The van der Waals surface area contributed by atoms with Crippen molar-refractivity contribution in [1.82, 2.24) is 10.2 Å². The van der Waals surface area contributed by atoms with Gasteiger partial charge in [0, 0.05) is 19.6 Å². The van der Waals surface area contributed by atoms with Gasteiger partial charge in [0.25, 0.3) is 0 Å². The van der Waals surface area contributed by atoms with Gasteiger partial charge in [-0.1, -0.05) is 43.7 Å². The Morgan fingerprint density at radius 3 is 2.60 bits per heavy atom. The van der Waals surface area contributed by atoms with E-state index in [0.29, 0.717) is 0 Å². The first kappa shape index (κ1) is 14.9. The van der Waals surface area contributed by atoms with Crippen LogP contribution in [0, 0.1) is 5.92 Å². The van der Waals surface area contributed by atoms with Crippen LogP contribution in [0.2, 0.25) is 0 Å². The first-order valence-electron chi connectivity index (χ1n) is 7.86. The van der Waals surface area contributed by atoms with Gasteiger partial charge in [0.2, 0.25) is 0 Å². The third kappa shape index (κ3) is 4.55. The molecular formula is C17H26N2O. The van der Waals surface area contributed by atoms with E-state index >= 15 is 0 Å². The topological polar surface area (TPSA) is 32.3 Å². The highest BCUT2D eigenvalue weighted by Gasteiger charge is 2.22. The van der Waals surface area contributed by atoms with Crippen LogP contribution in [-0.2, 0) is 6.42 Å². The highest BCUT2D eigenvalue weighted by Crippen LogP contribution is 2.21. The lowest BCUT2D eigenvalue weighted by atomic mass is 9.90. The number of benzene rings is 1. The molecule has 2 rings (SSSR count). The van der Waals surface area contributed by atoms with E-state index in [-0.39, 0.29) is 6.03 Å². The maximum atomic E-state index is 12.0. The lowest BCUT2D eigenvalue weighted by Crippen LogP contribution is -2.44. The van der Waals surface area contributed by atoms with E-state index in [1.54, 1.807) is 0 Å². The third-order valence-electron chi connectivity index (χ3n) is 4.08. The average molecular weight is 274 g/mol. The summed E-state index contributed by atoms with van der Waals surface area (Å²) in [5.74, 6) is 0.720. The molecule has 0 atom stereocenters. The van der Waals surface area contributed by atoms with Gasteiger partial charge >= 0.3 is 6.03 Å². The predicted octanol–water partition coefficient (Wildman–Crippen LogP) is 3.45. The molecule has 0 aromatic heterocycles. The van der Waals surface area contributed by atoms with Gasteiger partial charge in [-0.05, 0) is 37.2 Å². The Morgan fingerprint density at radius 2 is 1.95 bits per heavy atom. The van der Waals surface area contributed by atoms with Crippen molar-refractivity contribution in [3.8, 4) is 0 Å². The predicted molar refractivity (Wildman–Crippen MR) is 82.7 cm³/mol.